The van der Waals surface area contributed by atoms with Crippen molar-refractivity contribution in [1.29, 1.82) is 0 Å². The fraction of sp³-hybridized carbons (Fsp3) is 0.286. The SMILES string of the molecule is C=CCN(C)C(=O)NCCc1cccc(C(N)=O)c1. The van der Waals surface area contributed by atoms with Crippen LogP contribution >= 0.6 is 0 Å². The second-order valence-corrected chi connectivity index (χ2v) is 4.22. The minimum absolute atomic E-state index is 0.147. The van der Waals surface area contributed by atoms with E-state index in [0.717, 1.165) is 5.56 Å². The number of rotatable bonds is 6. The third-order valence-electron chi connectivity index (χ3n) is 2.65. The molecule has 0 bridgehead atoms. The molecule has 5 heteroatoms. The van der Waals surface area contributed by atoms with E-state index >= 15 is 0 Å². The van der Waals surface area contributed by atoms with Gasteiger partial charge in [-0.25, -0.2) is 4.79 Å². The first kappa shape index (κ1) is 14.8. The Morgan fingerprint density at radius 1 is 1.47 bits per heavy atom. The fourth-order valence-corrected chi connectivity index (χ4v) is 1.61. The van der Waals surface area contributed by atoms with Crippen molar-refractivity contribution in [2.75, 3.05) is 20.1 Å². The number of benzene rings is 1. The summed E-state index contributed by atoms with van der Waals surface area (Å²) >= 11 is 0. The van der Waals surface area contributed by atoms with Crippen molar-refractivity contribution in [2.24, 2.45) is 5.73 Å². The smallest absolute Gasteiger partial charge is 0.317 e. The molecule has 0 radical (unpaired) electrons. The molecule has 0 saturated heterocycles. The van der Waals surface area contributed by atoms with Crippen LogP contribution in [-0.4, -0.2) is 37.0 Å². The first-order valence-electron chi connectivity index (χ1n) is 6.03. The lowest BCUT2D eigenvalue weighted by atomic mass is 10.1. The zero-order chi connectivity index (χ0) is 14.3. The summed E-state index contributed by atoms with van der Waals surface area (Å²) in [6.07, 6.45) is 2.31. The summed E-state index contributed by atoms with van der Waals surface area (Å²) in [7, 11) is 1.70. The fourth-order valence-electron chi connectivity index (χ4n) is 1.61. The molecule has 1 aromatic carbocycles. The van der Waals surface area contributed by atoms with Crippen molar-refractivity contribution in [3.63, 3.8) is 0 Å². The van der Waals surface area contributed by atoms with Gasteiger partial charge in [0.25, 0.3) is 0 Å². The molecule has 3 N–H and O–H groups in total. The van der Waals surface area contributed by atoms with Crippen molar-refractivity contribution in [1.82, 2.24) is 10.2 Å². The van der Waals surface area contributed by atoms with Crippen molar-refractivity contribution in [2.45, 2.75) is 6.42 Å². The quantitative estimate of drug-likeness (QED) is 0.754. The molecular weight excluding hydrogens is 242 g/mol. The summed E-state index contributed by atoms with van der Waals surface area (Å²) in [6.45, 7) is 4.58. The Morgan fingerprint density at radius 2 is 2.21 bits per heavy atom. The number of likely N-dealkylation sites (N-methyl/N-ethyl adjacent to an activating group) is 1. The molecule has 0 unspecified atom stereocenters. The third kappa shape index (κ3) is 4.83. The van der Waals surface area contributed by atoms with Gasteiger partial charge in [-0.1, -0.05) is 18.2 Å². The highest BCUT2D eigenvalue weighted by atomic mass is 16.2. The minimum Gasteiger partial charge on any atom is -0.366 e. The summed E-state index contributed by atoms with van der Waals surface area (Å²) in [4.78, 5) is 24.2. The van der Waals surface area contributed by atoms with Gasteiger partial charge in [0.05, 0.1) is 0 Å². The lowest BCUT2D eigenvalue weighted by molar-refractivity contribution is 0.1000. The van der Waals surface area contributed by atoms with Crippen LogP contribution in [0.25, 0.3) is 0 Å². The first-order valence-corrected chi connectivity index (χ1v) is 6.03. The number of amides is 3. The number of urea groups is 1. The van der Waals surface area contributed by atoms with E-state index in [4.69, 9.17) is 5.73 Å². The van der Waals surface area contributed by atoms with Crippen molar-refractivity contribution in [3.8, 4) is 0 Å². The van der Waals surface area contributed by atoms with Crippen LogP contribution < -0.4 is 11.1 Å². The molecule has 0 aliphatic carbocycles. The van der Waals surface area contributed by atoms with E-state index in [9.17, 15) is 9.59 Å². The monoisotopic (exact) mass is 261 g/mol. The Balaban J connectivity index is 2.45. The van der Waals surface area contributed by atoms with Gasteiger partial charge in [-0.2, -0.15) is 0 Å². The van der Waals surface area contributed by atoms with E-state index in [-0.39, 0.29) is 6.03 Å². The van der Waals surface area contributed by atoms with Crippen LogP contribution in [0.5, 0.6) is 0 Å². The van der Waals surface area contributed by atoms with E-state index in [2.05, 4.69) is 11.9 Å². The molecular formula is C14H19N3O2. The normalized spacial score (nSPS) is 9.74. The Bertz CT molecular complexity index is 472. The van der Waals surface area contributed by atoms with E-state index in [1.54, 1.807) is 31.3 Å². The lowest BCUT2D eigenvalue weighted by Crippen LogP contribution is -2.38. The van der Waals surface area contributed by atoms with Crippen molar-refractivity contribution < 1.29 is 9.59 Å². The zero-order valence-electron chi connectivity index (χ0n) is 11.1. The Kier molecular flexibility index (Phi) is 5.60. The molecule has 0 saturated carbocycles. The van der Waals surface area contributed by atoms with Crippen LogP contribution in [0.1, 0.15) is 15.9 Å². The molecule has 5 nitrogen and oxygen atoms in total. The second-order valence-electron chi connectivity index (χ2n) is 4.22. The molecule has 1 rings (SSSR count). The van der Waals surface area contributed by atoms with Crippen LogP contribution in [0.4, 0.5) is 4.79 Å². The van der Waals surface area contributed by atoms with Crippen LogP contribution in [0, 0.1) is 0 Å². The summed E-state index contributed by atoms with van der Waals surface area (Å²) in [5, 5.41) is 2.79. The Hall–Kier alpha value is -2.30. The molecule has 102 valence electrons. The van der Waals surface area contributed by atoms with Crippen LogP contribution in [0.3, 0.4) is 0 Å². The van der Waals surface area contributed by atoms with E-state index in [1.165, 1.54) is 4.90 Å². The number of carbonyl (C=O) groups is 2. The number of nitrogens with two attached hydrogens (primary N) is 1. The highest BCUT2D eigenvalue weighted by molar-refractivity contribution is 5.92. The minimum atomic E-state index is -0.448. The number of nitrogens with one attached hydrogen (secondary N) is 1. The Labute approximate surface area is 113 Å². The van der Waals surface area contributed by atoms with Gasteiger partial charge in [-0.15, -0.1) is 6.58 Å². The van der Waals surface area contributed by atoms with Crippen LogP contribution in [0.15, 0.2) is 36.9 Å². The van der Waals surface area contributed by atoms with Crippen LogP contribution in [-0.2, 0) is 6.42 Å². The summed E-state index contributed by atoms with van der Waals surface area (Å²) < 4.78 is 0. The largest absolute Gasteiger partial charge is 0.366 e. The number of primary amides is 1. The van der Waals surface area contributed by atoms with Gasteiger partial charge in [0.2, 0.25) is 5.91 Å². The summed E-state index contributed by atoms with van der Waals surface area (Å²) in [6, 6.07) is 6.93. The van der Waals surface area contributed by atoms with Gasteiger partial charge in [0.15, 0.2) is 0 Å². The molecule has 0 heterocycles. The number of hydrogen-bond acceptors (Lipinski definition) is 2. The maximum absolute atomic E-state index is 11.6. The standard InChI is InChI=1S/C14H19N3O2/c1-3-9-17(2)14(19)16-8-7-11-5-4-6-12(10-11)13(15)18/h3-6,10H,1,7-9H2,2H3,(H2,15,18)(H,16,19). The molecule has 0 atom stereocenters. The van der Waals surface area contributed by atoms with Crippen LogP contribution in [0.2, 0.25) is 0 Å². The Morgan fingerprint density at radius 3 is 2.84 bits per heavy atom. The maximum Gasteiger partial charge on any atom is 0.317 e. The molecule has 19 heavy (non-hydrogen) atoms. The molecule has 3 amide bonds. The second kappa shape index (κ2) is 7.20. The first-order chi connectivity index (χ1) is 9.04. The van der Waals surface area contributed by atoms with Gasteiger partial charge >= 0.3 is 6.03 Å². The lowest BCUT2D eigenvalue weighted by Gasteiger charge is -2.15. The number of carbonyl (C=O) groups excluding carboxylic acids is 2. The number of nitrogens with zero attached hydrogens (tertiary/aromatic N) is 1. The molecule has 1 aromatic rings. The molecule has 0 aromatic heterocycles. The van der Waals surface area contributed by atoms with Crippen molar-refractivity contribution in [3.05, 3.63) is 48.0 Å². The highest BCUT2D eigenvalue weighted by Crippen LogP contribution is 2.05. The molecule has 0 aliphatic heterocycles. The van der Waals surface area contributed by atoms with Gasteiger partial charge < -0.3 is 16.0 Å². The third-order valence-corrected chi connectivity index (χ3v) is 2.65. The van der Waals surface area contributed by atoms with Gasteiger partial charge in [0.1, 0.15) is 0 Å². The van der Waals surface area contributed by atoms with Crippen molar-refractivity contribution >= 4 is 11.9 Å². The van der Waals surface area contributed by atoms with E-state index in [1.807, 2.05) is 6.07 Å². The summed E-state index contributed by atoms with van der Waals surface area (Å²) in [5.41, 5.74) is 6.65. The van der Waals surface area contributed by atoms with E-state index < -0.39 is 5.91 Å². The predicted octanol–water partition coefficient (Wildman–Crippen LogP) is 1.16. The van der Waals surface area contributed by atoms with E-state index in [0.29, 0.717) is 25.1 Å². The topological polar surface area (TPSA) is 75.4 Å². The average molecular weight is 261 g/mol. The molecule has 0 fully saturated rings. The molecule has 0 aliphatic rings. The van der Waals surface area contributed by atoms with Gasteiger partial charge in [-0.3, -0.25) is 4.79 Å². The van der Waals surface area contributed by atoms with Gasteiger partial charge in [0, 0.05) is 25.7 Å². The average Bonchev–Trinajstić information content (AvgIpc) is 2.39. The zero-order valence-corrected chi connectivity index (χ0v) is 11.1. The molecule has 0 spiro atoms. The van der Waals surface area contributed by atoms with Gasteiger partial charge in [-0.05, 0) is 24.1 Å². The number of hydrogen-bond donors (Lipinski definition) is 2. The highest BCUT2D eigenvalue weighted by Gasteiger charge is 2.06. The predicted molar refractivity (Wildman–Crippen MR) is 74.9 cm³/mol. The maximum atomic E-state index is 11.6. The summed E-state index contributed by atoms with van der Waals surface area (Å²) in [5.74, 6) is -0.448.